The van der Waals surface area contributed by atoms with Gasteiger partial charge in [-0.3, -0.25) is 9.69 Å². The topological polar surface area (TPSA) is 97.8 Å². The molecule has 0 radical (unpaired) electrons. The molecule has 0 amide bonds. The van der Waals surface area contributed by atoms with Crippen LogP contribution < -0.4 is 0 Å². The second-order valence-corrected chi connectivity index (χ2v) is 12.2. The van der Waals surface area contributed by atoms with Crippen molar-refractivity contribution in [3.8, 4) is 0 Å². The molecular weight excluding hydrogens is 398 g/mol. The van der Waals surface area contributed by atoms with Gasteiger partial charge >= 0.3 is 5.97 Å². The molecule has 1 aromatic rings. The summed E-state index contributed by atoms with van der Waals surface area (Å²) < 4.78 is 55.6. The molecule has 10 heteroatoms. The van der Waals surface area contributed by atoms with Crippen LogP contribution in [0.2, 0.25) is 0 Å². The predicted molar refractivity (Wildman–Crippen MR) is 98.7 cm³/mol. The van der Waals surface area contributed by atoms with Crippen LogP contribution in [-0.2, 0) is 29.2 Å². The molecule has 3 rings (SSSR count). The molecule has 146 valence electrons. The van der Waals surface area contributed by atoms with Gasteiger partial charge in [0.15, 0.2) is 19.7 Å². The molecule has 0 N–H and O–H groups in total. The third-order valence-electron chi connectivity index (χ3n) is 5.06. The number of esters is 1. The number of carbonyl (C=O) groups excluding carboxylic acids is 1. The van der Waals surface area contributed by atoms with E-state index < -0.39 is 31.0 Å². The number of sulfone groups is 2. The van der Waals surface area contributed by atoms with E-state index in [4.69, 9.17) is 4.74 Å². The fourth-order valence-electron chi connectivity index (χ4n) is 3.74. The summed E-state index contributed by atoms with van der Waals surface area (Å²) in [4.78, 5) is 13.8. The first-order valence-electron chi connectivity index (χ1n) is 8.63. The summed E-state index contributed by atoms with van der Waals surface area (Å²) in [6, 6.07) is 2.62. The van der Waals surface area contributed by atoms with Gasteiger partial charge in [-0.2, -0.15) is 0 Å². The van der Waals surface area contributed by atoms with Crippen molar-refractivity contribution in [2.75, 3.05) is 31.2 Å². The lowest BCUT2D eigenvalue weighted by Gasteiger charge is -2.36. The number of rotatable bonds is 5. The molecule has 1 aromatic heterocycles. The van der Waals surface area contributed by atoms with E-state index in [2.05, 4.69) is 0 Å². The molecule has 2 unspecified atom stereocenters. The fourth-order valence-corrected chi connectivity index (χ4v) is 9.79. The highest BCUT2D eigenvalue weighted by molar-refractivity contribution is 7.97. The summed E-state index contributed by atoms with van der Waals surface area (Å²) in [5.41, 5.74) is 0. The Bertz CT molecular complexity index is 839. The number of hydrogen-bond acceptors (Lipinski definition) is 8. The molecule has 3 heterocycles. The minimum absolute atomic E-state index is 0.146. The van der Waals surface area contributed by atoms with Gasteiger partial charge in [0.1, 0.15) is 4.21 Å². The lowest BCUT2D eigenvalue weighted by atomic mass is 9.95. The number of thiophene rings is 1. The molecule has 0 aliphatic carbocycles. The van der Waals surface area contributed by atoms with Gasteiger partial charge in [-0.15, -0.1) is 11.3 Å². The zero-order valence-electron chi connectivity index (χ0n) is 14.5. The van der Waals surface area contributed by atoms with Gasteiger partial charge in [0.05, 0.1) is 29.3 Å². The minimum atomic E-state index is -3.70. The zero-order valence-corrected chi connectivity index (χ0v) is 17.0. The average molecular weight is 422 g/mol. The van der Waals surface area contributed by atoms with E-state index in [0.717, 1.165) is 11.3 Å². The van der Waals surface area contributed by atoms with E-state index in [9.17, 15) is 21.6 Å². The second kappa shape index (κ2) is 7.57. The van der Waals surface area contributed by atoms with Crippen molar-refractivity contribution in [3.63, 3.8) is 0 Å². The van der Waals surface area contributed by atoms with Crippen LogP contribution in [-0.4, -0.2) is 70.2 Å². The van der Waals surface area contributed by atoms with Gasteiger partial charge in [0.2, 0.25) is 0 Å². The smallest absolute Gasteiger partial charge is 0.309 e. The first-order valence-corrected chi connectivity index (χ1v) is 12.9. The SMILES string of the molecule is CCOC(=O)C1CCN(C2CS(=O)(=O)CC2S(=O)(=O)c2cccs2)CC1. The van der Waals surface area contributed by atoms with Crippen LogP contribution in [0.25, 0.3) is 0 Å². The predicted octanol–water partition coefficient (Wildman–Crippen LogP) is 0.963. The number of piperidine rings is 1. The Labute approximate surface area is 158 Å². The summed E-state index contributed by atoms with van der Waals surface area (Å²) >= 11 is 1.11. The third-order valence-corrected chi connectivity index (χ3v) is 10.6. The van der Waals surface area contributed by atoms with Crippen molar-refractivity contribution < 1.29 is 26.4 Å². The highest BCUT2D eigenvalue weighted by Crippen LogP contribution is 2.33. The Morgan fingerprint density at radius 1 is 1.31 bits per heavy atom. The Kier molecular flexibility index (Phi) is 5.76. The lowest BCUT2D eigenvalue weighted by Crippen LogP contribution is -2.50. The van der Waals surface area contributed by atoms with Crippen LogP contribution in [0, 0.1) is 5.92 Å². The van der Waals surface area contributed by atoms with Crippen LogP contribution in [0.4, 0.5) is 0 Å². The molecule has 7 nitrogen and oxygen atoms in total. The van der Waals surface area contributed by atoms with Crippen molar-refractivity contribution in [3.05, 3.63) is 17.5 Å². The summed E-state index contributed by atoms with van der Waals surface area (Å²) in [6.45, 7) is 3.09. The van der Waals surface area contributed by atoms with Crippen molar-refractivity contribution >= 4 is 37.0 Å². The van der Waals surface area contributed by atoms with E-state index in [0.29, 0.717) is 32.5 Å². The van der Waals surface area contributed by atoms with Gasteiger partial charge in [-0.1, -0.05) is 6.07 Å². The number of nitrogens with zero attached hydrogens (tertiary/aromatic N) is 1. The van der Waals surface area contributed by atoms with Crippen molar-refractivity contribution in [2.45, 2.75) is 35.3 Å². The van der Waals surface area contributed by atoms with Crippen molar-refractivity contribution in [1.29, 1.82) is 0 Å². The lowest BCUT2D eigenvalue weighted by molar-refractivity contribution is -0.149. The standard InChI is InChI=1S/C16H23NO6S3/c1-2-23-16(18)12-5-7-17(8-6-12)13-10-25(19,20)11-14(13)26(21,22)15-4-3-9-24-15/h3-4,9,12-14H,2,5-8,10-11H2,1H3. The molecule has 2 fully saturated rings. The minimum Gasteiger partial charge on any atom is -0.466 e. The highest BCUT2D eigenvalue weighted by atomic mass is 32.2. The van der Waals surface area contributed by atoms with E-state index in [-0.39, 0.29) is 27.6 Å². The Morgan fingerprint density at radius 3 is 2.58 bits per heavy atom. The summed E-state index contributed by atoms with van der Waals surface area (Å²) in [7, 11) is -7.11. The first-order chi connectivity index (χ1) is 12.2. The molecule has 26 heavy (non-hydrogen) atoms. The Morgan fingerprint density at radius 2 is 2.00 bits per heavy atom. The van der Waals surface area contributed by atoms with Crippen LogP contribution in [0.1, 0.15) is 19.8 Å². The van der Waals surface area contributed by atoms with Gasteiger partial charge in [0.25, 0.3) is 0 Å². The number of carbonyl (C=O) groups is 1. The van der Waals surface area contributed by atoms with Gasteiger partial charge in [0, 0.05) is 6.04 Å². The average Bonchev–Trinajstić information content (AvgIpc) is 3.23. The van der Waals surface area contributed by atoms with Crippen LogP contribution in [0.5, 0.6) is 0 Å². The van der Waals surface area contributed by atoms with E-state index in [1.807, 2.05) is 4.90 Å². The Balaban J connectivity index is 1.77. The first kappa shape index (κ1) is 19.8. The number of hydrogen-bond donors (Lipinski definition) is 0. The maximum Gasteiger partial charge on any atom is 0.309 e. The van der Waals surface area contributed by atoms with E-state index in [1.54, 1.807) is 18.4 Å². The maximum absolute atomic E-state index is 12.9. The monoisotopic (exact) mass is 421 g/mol. The van der Waals surface area contributed by atoms with Crippen molar-refractivity contribution in [1.82, 2.24) is 4.90 Å². The third kappa shape index (κ3) is 3.97. The molecule has 0 bridgehead atoms. The van der Waals surface area contributed by atoms with E-state index in [1.165, 1.54) is 6.07 Å². The summed E-state index contributed by atoms with van der Waals surface area (Å²) in [6.07, 6.45) is 1.11. The molecule has 2 aliphatic heterocycles. The van der Waals surface area contributed by atoms with Gasteiger partial charge < -0.3 is 4.74 Å². The summed E-state index contributed by atoms with van der Waals surface area (Å²) in [5, 5.41) is 0.723. The van der Waals surface area contributed by atoms with Gasteiger partial charge in [-0.25, -0.2) is 16.8 Å². The normalized spacial score (nSPS) is 27.4. The fraction of sp³-hybridized carbons (Fsp3) is 0.688. The maximum atomic E-state index is 12.9. The number of likely N-dealkylation sites (tertiary alicyclic amines) is 1. The largest absolute Gasteiger partial charge is 0.466 e. The molecular formula is C16H23NO6S3. The van der Waals surface area contributed by atoms with Crippen LogP contribution in [0.15, 0.2) is 21.7 Å². The molecule has 0 saturated carbocycles. The quantitative estimate of drug-likeness (QED) is 0.653. The molecule has 2 saturated heterocycles. The van der Waals surface area contributed by atoms with Gasteiger partial charge in [-0.05, 0) is 44.3 Å². The second-order valence-electron chi connectivity index (χ2n) is 6.72. The van der Waals surface area contributed by atoms with E-state index >= 15 is 0 Å². The Hall–Kier alpha value is -0.970. The zero-order chi connectivity index (χ0) is 18.9. The number of ether oxygens (including phenoxy) is 1. The molecule has 0 aromatic carbocycles. The molecule has 2 atom stereocenters. The molecule has 2 aliphatic rings. The summed E-state index contributed by atoms with van der Waals surface area (Å²) in [5.74, 6) is -0.910. The van der Waals surface area contributed by atoms with Crippen LogP contribution in [0.3, 0.4) is 0 Å². The van der Waals surface area contributed by atoms with Crippen LogP contribution >= 0.6 is 11.3 Å². The molecule has 0 spiro atoms. The highest BCUT2D eigenvalue weighted by Gasteiger charge is 2.49. The van der Waals surface area contributed by atoms with Crippen molar-refractivity contribution in [2.24, 2.45) is 5.92 Å².